The Balaban J connectivity index is 1.67. The Bertz CT molecular complexity index is 1050. The maximum absolute atomic E-state index is 12.7. The van der Waals surface area contributed by atoms with Crippen LogP contribution in [0.1, 0.15) is 11.1 Å². The number of nitrogen functional groups attached to an aromatic ring is 1. The van der Waals surface area contributed by atoms with E-state index in [9.17, 15) is 13.2 Å². The van der Waals surface area contributed by atoms with Crippen molar-refractivity contribution in [3.63, 3.8) is 0 Å². The highest BCUT2D eigenvalue weighted by Gasteiger charge is 2.29. The van der Waals surface area contributed by atoms with Gasteiger partial charge in [0.1, 0.15) is 11.8 Å². The fourth-order valence-corrected chi connectivity index (χ4v) is 2.54. The first-order chi connectivity index (χ1) is 12.4. The highest BCUT2D eigenvalue weighted by atomic mass is 19.4. The highest BCUT2D eigenvalue weighted by Crippen LogP contribution is 2.29. The van der Waals surface area contributed by atoms with E-state index in [1.165, 1.54) is 24.8 Å². The van der Waals surface area contributed by atoms with Crippen LogP contribution in [0.15, 0.2) is 36.9 Å². The first-order valence-electron chi connectivity index (χ1n) is 7.42. The summed E-state index contributed by atoms with van der Waals surface area (Å²) >= 11 is 0. The van der Waals surface area contributed by atoms with Crippen LogP contribution >= 0.6 is 0 Å². The molecule has 0 atom stereocenters. The van der Waals surface area contributed by atoms with Gasteiger partial charge in [-0.05, 0) is 17.7 Å². The number of H-pyrrole nitrogens is 1. The lowest BCUT2D eigenvalue weighted by atomic mass is 10.1. The molecule has 0 aliphatic heterocycles. The van der Waals surface area contributed by atoms with Crippen LogP contribution in [0.3, 0.4) is 0 Å². The molecule has 3 heterocycles. The molecule has 3 aromatic heterocycles. The van der Waals surface area contributed by atoms with Crippen molar-refractivity contribution < 1.29 is 13.2 Å². The largest absolute Gasteiger partial charge is 0.416 e. The molecule has 0 aliphatic carbocycles. The van der Waals surface area contributed by atoms with Crippen molar-refractivity contribution in [2.45, 2.75) is 12.7 Å². The number of nitrogens with two attached hydrogens (primary N) is 1. The number of benzene rings is 1. The van der Waals surface area contributed by atoms with E-state index in [1.54, 1.807) is 4.57 Å². The van der Waals surface area contributed by atoms with E-state index in [2.05, 4.69) is 30.1 Å². The number of hydrogen-bond acceptors (Lipinski definition) is 6. The molecule has 0 fully saturated rings. The van der Waals surface area contributed by atoms with Gasteiger partial charge >= 0.3 is 6.18 Å². The average molecular weight is 360 g/mol. The Hall–Kier alpha value is -3.50. The van der Waals surface area contributed by atoms with Crippen LogP contribution in [-0.4, -0.2) is 34.7 Å². The van der Waals surface area contributed by atoms with Gasteiger partial charge < -0.3 is 10.3 Å². The third kappa shape index (κ3) is 2.83. The van der Waals surface area contributed by atoms with Gasteiger partial charge in [0.25, 0.3) is 0 Å². The van der Waals surface area contributed by atoms with Gasteiger partial charge in [0.15, 0.2) is 11.5 Å². The van der Waals surface area contributed by atoms with Crippen molar-refractivity contribution in [2.24, 2.45) is 0 Å². The molecule has 0 amide bonds. The molecule has 1 aromatic carbocycles. The molecule has 26 heavy (non-hydrogen) atoms. The number of halogens is 3. The molecule has 11 heteroatoms. The van der Waals surface area contributed by atoms with Crippen LogP contribution in [0.5, 0.6) is 0 Å². The minimum absolute atomic E-state index is 0.180. The van der Waals surface area contributed by atoms with Crippen LogP contribution in [0, 0.1) is 0 Å². The predicted molar refractivity (Wildman–Crippen MR) is 85.7 cm³/mol. The van der Waals surface area contributed by atoms with E-state index < -0.39 is 11.7 Å². The second kappa shape index (κ2) is 5.79. The topological polar surface area (TPSA) is 111 Å². The Morgan fingerprint density at radius 2 is 1.81 bits per heavy atom. The fourth-order valence-electron chi connectivity index (χ4n) is 2.54. The van der Waals surface area contributed by atoms with Gasteiger partial charge in [-0.25, -0.2) is 19.9 Å². The van der Waals surface area contributed by atoms with Gasteiger partial charge in [-0.3, -0.25) is 5.10 Å². The van der Waals surface area contributed by atoms with Crippen LogP contribution < -0.4 is 5.73 Å². The van der Waals surface area contributed by atoms with E-state index in [4.69, 9.17) is 5.73 Å². The van der Waals surface area contributed by atoms with Crippen molar-refractivity contribution >= 4 is 17.0 Å². The van der Waals surface area contributed by atoms with E-state index in [0.717, 1.165) is 12.1 Å². The number of alkyl halides is 3. The maximum Gasteiger partial charge on any atom is 0.416 e. The summed E-state index contributed by atoms with van der Waals surface area (Å²) < 4.78 is 39.6. The molecular formula is C15H11F3N8. The Morgan fingerprint density at radius 3 is 2.46 bits per heavy atom. The normalized spacial score (nSPS) is 12.0. The molecule has 0 saturated heterocycles. The number of anilines is 1. The zero-order valence-corrected chi connectivity index (χ0v) is 13.1. The summed E-state index contributed by atoms with van der Waals surface area (Å²) in [7, 11) is 0. The van der Waals surface area contributed by atoms with Gasteiger partial charge in [0.2, 0.25) is 11.6 Å². The van der Waals surface area contributed by atoms with Crippen LogP contribution in [-0.2, 0) is 12.7 Å². The average Bonchev–Trinajstić information content (AvgIpc) is 3.25. The number of imidazole rings is 1. The molecule has 0 aliphatic rings. The molecule has 8 nitrogen and oxygen atoms in total. The molecule has 0 radical (unpaired) electrons. The summed E-state index contributed by atoms with van der Waals surface area (Å²) in [6.45, 7) is 0.280. The third-order valence-corrected chi connectivity index (χ3v) is 3.75. The second-order valence-corrected chi connectivity index (χ2v) is 5.49. The summed E-state index contributed by atoms with van der Waals surface area (Å²) in [6, 6.07) is 4.90. The maximum atomic E-state index is 12.7. The van der Waals surface area contributed by atoms with Gasteiger partial charge in [-0.2, -0.15) is 18.3 Å². The van der Waals surface area contributed by atoms with Crippen molar-refractivity contribution in [3.05, 3.63) is 48.0 Å². The zero-order chi connectivity index (χ0) is 18.3. The number of rotatable bonds is 3. The van der Waals surface area contributed by atoms with Gasteiger partial charge in [0.05, 0.1) is 11.9 Å². The Labute approximate surface area is 143 Å². The minimum Gasteiger partial charge on any atom is -0.382 e. The predicted octanol–water partition coefficient (Wildman–Crippen LogP) is 2.26. The molecule has 4 rings (SSSR count). The third-order valence-electron chi connectivity index (χ3n) is 3.75. The molecule has 3 N–H and O–H groups in total. The van der Waals surface area contributed by atoms with Crippen molar-refractivity contribution in [3.8, 4) is 11.6 Å². The molecule has 132 valence electrons. The Kier molecular flexibility index (Phi) is 3.56. The van der Waals surface area contributed by atoms with Crippen LogP contribution in [0.25, 0.3) is 22.8 Å². The summed E-state index contributed by atoms with van der Waals surface area (Å²) in [4.78, 5) is 16.6. The number of aromatic amines is 1. The lowest BCUT2D eigenvalue weighted by molar-refractivity contribution is -0.137. The molecule has 4 aromatic rings. The number of nitrogens with zero attached hydrogens (tertiary/aromatic N) is 6. The van der Waals surface area contributed by atoms with Gasteiger partial charge in [-0.15, -0.1) is 0 Å². The van der Waals surface area contributed by atoms with E-state index in [-0.39, 0.29) is 24.0 Å². The first-order valence-corrected chi connectivity index (χ1v) is 7.42. The molecule has 0 bridgehead atoms. The van der Waals surface area contributed by atoms with Crippen molar-refractivity contribution in [1.29, 1.82) is 0 Å². The minimum atomic E-state index is -4.37. The van der Waals surface area contributed by atoms with Crippen LogP contribution in [0.4, 0.5) is 19.0 Å². The molecule has 0 saturated carbocycles. The number of fused-ring (bicyclic) bond motifs is 1. The van der Waals surface area contributed by atoms with Gasteiger partial charge in [-0.1, -0.05) is 12.1 Å². The monoisotopic (exact) mass is 360 g/mol. The summed E-state index contributed by atoms with van der Waals surface area (Å²) in [6.07, 6.45) is -1.47. The smallest absolute Gasteiger partial charge is 0.382 e. The molecular weight excluding hydrogens is 349 g/mol. The van der Waals surface area contributed by atoms with Gasteiger partial charge in [0, 0.05) is 6.54 Å². The summed E-state index contributed by atoms with van der Waals surface area (Å²) in [5.74, 6) is 0.700. The first kappa shape index (κ1) is 16.0. The standard InChI is InChI=1S/C15H11F3N8/c16-15(17,18)9-3-1-8(2-4-9)5-26-7-21-12-10(26)11(19)23-14(24-12)13-20-6-22-25-13/h1-4,6-7H,5H2,(H2,19,23,24)(H,20,22,25). The quantitative estimate of drug-likeness (QED) is 0.580. The molecule has 0 unspecified atom stereocenters. The van der Waals surface area contributed by atoms with Crippen LogP contribution in [0.2, 0.25) is 0 Å². The van der Waals surface area contributed by atoms with Crippen molar-refractivity contribution in [1.82, 2.24) is 34.7 Å². The Morgan fingerprint density at radius 1 is 1.04 bits per heavy atom. The lowest BCUT2D eigenvalue weighted by Crippen LogP contribution is -2.06. The number of aromatic nitrogens is 7. The van der Waals surface area contributed by atoms with Crippen molar-refractivity contribution in [2.75, 3.05) is 5.73 Å². The zero-order valence-electron chi connectivity index (χ0n) is 13.1. The number of hydrogen-bond donors (Lipinski definition) is 2. The number of nitrogens with one attached hydrogen (secondary N) is 1. The summed E-state index contributed by atoms with van der Waals surface area (Å²) in [5.41, 5.74) is 6.82. The SMILES string of the molecule is Nc1nc(-c2nc[nH]n2)nc2ncn(Cc3ccc(C(F)(F)F)cc3)c12. The second-order valence-electron chi connectivity index (χ2n) is 5.49. The van der Waals surface area contributed by atoms with E-state index >= 15 is 0 Å². The summed E-state index contributed by atoms with van der Waals surface area (Å²) in [5, 5.41) is 6.45. The highest BCUT2D eigenvalue weighted by molar-refractivity contribution is 5.83. The van der Waals surface area contributed by atoms with E-state index in [0.29, 0.717) is 16.7 Å². The van der Waals surface area contributed by atoms with E-state index in [1.807, 2.05) is 0 Å². The fraction of sp³-hybridized carbons (Fsp3) is 0.133. The lowest BCUT2D eigenvalue weighted by Gasteiger charge is -2.09. The molecule has 0 spiro atoms.